The van der Waals surface area contributed by atoms with Gasteiger partial charge in [0.25, 0.3) is 11.8 Å². The summed E-state index contributed by atoms with van der Waals surface area (Å²) in [7, 11) is 0. The summed E-state index contributed by atoms with van der Waals surface area (Å²) in [6.45, 7) is 9.84. The SMILES string of the molecule is CCN(CC)c1ccc(C=NNC(=O)C(NC(=O)c2ccc(Cl)cc2)C(C)C)cc1. The fraction of sp³-hybridized carbons (Fsp3) is 0.348. The van der Waals surface area contributed by atoms with Crippen molar-refractivity contribution in [2.75, 3.05) is 18.0 Å². The van der Waals surface area contributed by atoms with Gasteiger partial charge < -0.3 is 10.2 Å². The zero-order valence-electron chi connectivity index (χ0n) is 17.9. The number of nitrogens with one attached hydrogen (secondary N) is 2. The van der Waals surface area contributed by atoms with Gasteiger partial charge in [0.2, 0.25) is 0 Å². The Kier molecular flexibility index (Phi) is 8.87. The van der Waals surface area contributed by atoms with Crippen molar-refractivity contribution in [2.45, 2.75) is 33.7 Å². The minimum absolute atomic E-state index is 0.107. The van der Waals surface area contributed by atoms with Crippen LogP contribution in [0.5, 0.6) is 0 Å². The number of benzene rings is 2. The monoisotopic (exact) mass is 428 g/mol. The van der Waals surface area contributed by atoms with E-state index in [-0.39, 0.29) is 17.7 Å². The largest absolute Gasteiger partial charge is 0.372 e. The van der Waals surface area contributed by atoms with Crippen LogP contribution in [0.3, 0.4) is 0 Å². The molecule has 160 valence electrons. The normalized spacial score (nSPS) is 12.1. The van der Waals surface area contributed by atoms with Gasteiger partial charge in [-0.2, -0.15) is 5.10 Å². The fourth-order valence-electron chi connectivity index (χ4n) is 2.96. The van der Waals surface area contributed by atoms with E-state index in [0.717, 1.165) is 24.3 Å². The lowest BCUT2D eigenvalue weighted by molar-refractivity contribution is -0.123. The molecule has 30 heavy (non-hydrogen) atoms. The van der Waals surface area contributed by atoms with Gasteiger partial charge in [-0.3, -0.25) is 9.59 Å². The van der Waals surface area contributed by atoms with Crippen molar-refractivity contribution in [1.82, 2.24) is 10.7 Å². The summed E-state index contributed by atoms with van der Waals surface area (Å²) in [5.74, 6) is -0.815. The summed E-state index contributed by atoms with van der Waals surface area (Å²) in [4.78, 5) is 27.2. The molecule has 2 aromatic rings. The zero-order valence-corrected chi connectivity index (χ0v) is 18.6. The summed E-state index contributed by atoms with van der Waals surface area (Å²) in [6, 6.07) is 13.7. The first-order valence-electron chi connectivity index (χ1n) is 10.1. The topological polar surface area (TPSA) is 73.8 Å². The number of anilines is 1. The lowest BCUT2D eigenvalue weighted by Gasteiger charge is -2.21. The van der Waals surface area contributed by atoms with Gasteiger partial charge in [-0.25, -0.2) is 5.43 Å². The second-order valence-electron chi connectivity index (χ2n) is 7.20. The van der Waals surface area contributed by atoms with E-state index in [9.17, 15) is 9.59 Å². The molecule has 0 spiro atoms. The van der Waals surface area contributed by atoms with Crippen molar-refractivity contribution in [3.8, 4) is 0 Å². The van der Waals surface area contributed by atoms with Crippen LogP contribution in [0.1, 0.15) is 43.6 Å². The molecule has 0 aliphatic rings. The van der Waals surface area contributed by atoms with Crippen molar-refractivity contribution in [3.05, 3.63) is 64.7 Å². The fourth-order valence-corrected chi connectivity index (χ4v) is 3.09. The molecule has 2 amide bonds. The van der Waals surface area contributed by atoms with Crippen LogP contribution < -0.4 is 15.6 Å². The quantitative estimate of drug-likeness (QED) is 0.466. The van der Waals surface area contributed by atoms with Gasteiger partial charge in [0.15, 0.2) is 0 Å². The van der Waals surface area contributed by atoms with E-state index in [1.807, 2.05) is 38.1 Å². The van der Waals surface area contributed by atoms with E-state index in [2.05, 4.69) is 34.6 Å². The van der Waals surface area contributed by atoms with Crippen LogP contribution in [0.2, 0.25) is 5.02 Å². The smallest absolute Gasteiger partial charge is 0.262 e. The molecule has 0 aliphatic carbocycles. The summed E-state index contributed by atoms with van der Waals surface area (Å²) in [5, 5.41) is 7.35. The molecule has 2 rings (SSSR count). The molecule has 7 heteroatoms. The average molecular weight is 429 g/mol. The predicted octanol–water partition coefficient (Wildman–Crippen LogP) is 4.09. The van der Waals surface area contributed by atoms with Crippen LogP contribution in [-0.2, 0) is 4.79 Å². The molecular formula is C23H29ClN4O2. The third-order valence-corrected chi connectivity index (χ3v) is 5.00. The van der Waals surface area contributed by atoms with Crippen LogP contribution in [0, 0.1) is 5.92 Å². The van der Waals surface area contributed by atoms with Crippen LogP contribution in [-0.4, -0.2) is 37.2 Å². The first kappa shape index (κ1) is 23.4. The summed E-state index contributed by atoms with van der Waals surface area (Å²) in [5.41, 5.74) is 4.98. The molecule has 6 nitrogen and oxygen atoms in total. The number of rotatable bonds is 9. The van der Waals surface area contributed by atoms with Gasteiger partial charge in [-0.05, 0) is 61.7 Å². The first-order valence-corrected chi connectivity index (χ1v) is 10.5. The molecule has 0 saturated carbocycles. The standard InChI is InChI=1S/C23H29ClN4O2/c1-5-28(6-2)20-13-7-17(8-14-20)15-25-27-23(30)21(16(3)4)26-22(29)18-9-11-19(24)12-10-18/h7-16,21H,5-6H2,1-4H3,(H,26,29)(H,27,30). The molecule has 2 N–H and O–H groups in total. The van der Waals surface area contributed by atoms with Crippen molar-refractivity contribution >= 4 is 35.3 Å². The first-order chi connectivity index (χ1) is 14.3. The third-order valence-electron chi connectivity index (χ3n) is 4.75. The van der Waals surface area contributed by atoms with Gasteiger partial charge in [0.1, 0.15) is 6.04 Å². The highest BCUT2D eigenvalue weighted by Crippen LogP contribution is 2.14. The van der Waals surface area contributed by atoms with E-state index in [1.54, 1.807) is 30.5 Å². The number of nitrogens with zero attached hydrogens (tertiary/aromatic N) is 2. The predicted molar refractivity (Wildman–Crippen MR) is 123 cm³/mol. The molecule has 0 heterocycles. The highest BCUT2D eigenvalue weighted by molar-refractivity contribution is 6.30. The van der Waals surface area contributed by atoms with Crippen LogP contribution in [0.15, 0.2) is 53.6 Å². The number of halogens is 1. The number of amides is 2. The number of carbonyl (C=O) groups is 2. The van der Waals surface area contributed by atoms with Gasteiger partial charge in [-0.15, -0.1) is 0 Å². The number of hydrazone groups is 1. The lowest BCUT2D eigenvalue weighted by atomic mass is 10.0. The van der Waals surface area contributed by atoms with E-state index in [4.69, 9.17) is 11.6 Å². The lowest BCUT2D eigenvalue weighted by Crippen LogP contribution is -2.48. The van der Waals surface area contributed by atoms with Gasteiger partial charge >= 0.3 is 0 Å². The van der Waals surface area contributed by atoms with E-state index in [1.165, 1.54) is 0 Å². The minimum Gasteiger partial charge on any atom is -0.372 e. The second kappa shape index (κ2) is 11.4. The van der Waals surface area contributed by atoms with Crippen LogP contribution in [0.4, 0.5) is 5.69 Å². The van der Waals surface area contributed by atoms with E-state index < -0.39 is 6.04 Å². The Bertz CT molecular complexity index is 860. The Hall–Kier alpha value is -2.86. The number of hydrogen-bond donors (Lipinski definition) is 2. The van der Waals surface area contributed by atoms with Gasteiger partial charge in [-0.1, -0.05) is 37.6 Å². The van der Waals surface area contributed by atoms with Crippen molar-refractivity contribution in [3.63, 3.8) is 0 Å². The number of hydrogen-bond acceptors (Lipinski definition) is 4. The second-order valence-corrected chi connectivity index (χ2v) is 7.64. The van der Waals surface area contributed by atoms with Crippen molar-refractivity contribution in [1.29, 1.82) is 0 Å². The Morgan fingerprint density at radius 3 is 2.17 bits per heavy atom. The highest BCUT2D eigenvalue weighted by atomic mass is 35.5. The molecule has 0 aliphatic heterocycles. The number of carbonyl (C=O) groups excluding carboxylic acids is 2. The molecule has 1 unspecified atom stereocenters. The molecule has 0 bridgehead atoms. The highest BCUT2D eigenvalue weighted by Gasteiger charge is 2.24. The minimum atomic E-state index is -0.713. The van der Waals surface area contributed by atoms with Crippen molar-refractivity contribution < 1.29 is 9.59 Å². The maximum atomic E-state index is 12.5. The average Bonchev–Trinajstić information content (AvgIpc) is 2.74. The van der Waals surface area contributed by atoms with E-state index >= 15 is 0 Å². The summed E-state index contributed by atoms with van der Waals surface area (Å²) >= 11 is 5.86. The third kappa shape index (κ3) is 6.59. The molecule has 0 saturated heterocycles. The molecule has 1 atom stereocenters. The van der Waals surface area contributed by atoms with E-state index in [0.29, 0.717) is 10.6 Å². The Balaban J connectivity index is 1.97. The summed E-state index contributed by atoms with van der Waals surface area (Å²) in [6.07, 6.45) is 1.59. The Morgan fingerprint density at radius 1 is 1.03 bits per heavy atom. The van der Waals surface area contributed by atoms with Crippen molar-refractivity contribution in [2.24, 2.45) is 11.0 Å². The molecular weight excluding hydrogens is 400 g/mol. The zero-order chi connectivity index (χ0) is 22.1. The van der Waals surface area contributed by atoms with Crippen LogP contribution in [0.25, 0.3) is 0 Å². The maximum Gasteiger partial charge on any atom is 0.262 e. The molecule has 0 fully saturated rings. The Labute approximate surface area is 183 Å². The van der Waals surface area contributed by atoms with Crippen LogP contribution >= 0.6 is 11.6 Å². The molecule has 0 radical (unpaired) electrons. The molecule has 0 aromatic heterocycles. The maximum absolute atomic E-state index is 12.5. The van der Waals surface area contributed by atoms with Gasteiger partial charge in [0, 0.05) is 29.4 Å². The summed E-state index contributed by atoms with van der Waals surface area (Å²) < 4.78 is 0. The van der Waals surface area contributed by atoms with Gasteiger partial charge in [0.05, 0.1) is 6.21 Å². The Morgan fingerprint density at radius 2 is 1.63 bits per heavy atom. The molecule has 2 aromatic carbocycles.